The lowest BCUT2D eigenvalue weighted by Gasteiger charge is -2.09. The number of imidazole rings is 1. The van der Waals surface area contributed by atoms with Crippen LogP contribution in [0.3, 0.4) is 0 Å². The van der Waals surface area contributed by atoms with Gasteiger partial charge in [-0.05, 0) is 55.3 Å². The minimum absolute atomic E-state index is 0.785. The number of nitrogens with zero attached hydrogens (tertiary/aromatic N) is 2. The maximum absolute atomic E-state index is 5.81. The Bertz CT molecular complexity index is 769. The van der Waals surface area contributed by atoms with Crippen LogP contribution in [0.15, 0.2) is 42.5 Å². The van der Waals surface area contributed by atoms with Gasteiger partial charge < -0.3 is 10.3 Å². The van der Waals surface area contributed by atoms with E-state index in [4.69, 9.17) is 10.7 Å². The van der Waals surface area contributed by atoms with Crippen molar-refractivity contribution in [1.82, 2.24) is 9.55 Å². The summed E-state index contributed by atoms with van der Waals surface area (Å²) in [4.78, 5) is 4.87. The number of benzene rings is 2. The van der Waals surface area contributed by atoms with E-state index < -0.39 is 0 Å². The van der Waals surface area contributed by atoms with Crippen LogP contribution in [-0.2, 0) is 6.54 Å². The summed E-state index contributed by atoms with van der Waals surface area (Å²) in [5, 5.41) is 0. The van der Waals surface area contributed by atoms with Crippen LogP contribution in [0, 0.1) is 6.92 Å². The molecule has 0 aliphatic rings. The molecule has 22 heavy (non-hydrogen) atoms. The number of hydrogen-bond acceptors (Lipinski definition) is 2. The topological polar surface area (TPSA) is 43.8 Å². The number of anilines is 1. The monoisotopic (exact) mass is 293 g/mol. The maximum atomic E-state index is 5.81. The van der Waals surface area contributed by atoms with Gasteiger partial charge in [0.05, 0.1) is 11.0 Å². The highest BCUT2D eigenvalue weighted by atomic mass is 15.1. The first-order valence-corrected chi connectivity index (χ1v) is 8.02. The summed E-state index contributed by atoms with van der Waals surface area (Å²) in [6, 6.07) is 14.5. The molecular formula is C19H23N3. The zero-order valence-corrected chi connectivity index (χ0v) is 13.3. The molecule has 3 heteroatoms. The van der Waals surface area contributed by atoms with E-state index in [1.807, 2.05) is 12.1 Å². The second kappa shape index (κ2) is 6.22. The normalized spacial score (nSPS) is 11.2. The number of aromatic nitrogens is 2. The fourth-order valence-electron chi connectivity index (χ4n) is 2.84. The zero-order valence-electron chi connectivity index (χ0n) is 13.3. The van der Waals surface area contributed by atoms with Crippen molar-refractivity contribution >= 4 is 16.7 Å². The summed E-state index contributed by atoms with van der Waals surface area (Å²) in [5.41, 5.74) is 11.3. The third-order valence-corrected chi connectivity index (χ3v) is 4.06. The van der Waals surface area contributed by atoms with E-state index in [1.54, 1.807) is 0 Å². The Kier molecular flexibility index (Phi) is 4.14. The molecule has 0 atom stereocenters. The van der Waals surface area contributed by atoms with Crippen LogP contribution in [0.5, 0.6) is 0 Å². The van der Waals surface area contributed by atoms with Crippen molar-refractivity contribution in [2.45, 2.75) is 39.7 Å². The predicted octanol–water partition coefficient (Wildman–Crippen LogP) is 4.78. The molecule has 1 heterocycles. The lowest BCUT2D eigenvalue weighted by atomic mass is 10.2. The van der Waals surface area contributed by atoms with Crippen LogP contribution in [0.25, 0.3) is 22.4 Å². The second-order valence-electron chi connectivity index (χ2n) is 5.91. The van der Waals surface area contributed by atoms with Crippen molar-refractivity contribution in [3.8, 4) is 11.4 Å². The highest BCUT2D eigenvalue weighted by molar-refractivity contribution is 5.81. The molecule has 0 radical (unpaired) electrons. The largest absolute Gasteiger partial charge is 0.399 e. The average molecular weight is 293 g/mol. The van der Waals surface area contributed by atoms with Gasteiger partial charge in [0.2, 0.25) is 0 Å². The highest BCUT2D eigenvalue weighted by Crippen LogP contribution is 2.26. The molecule has 0 saturated carbocycles. The Morgan fingerprint density at radius 2 is 1.82 bits per heavy atom. The van der Waals surface area contributed by atoms with Gasteiger partial charge in [-0.2, -0.15) is 0 Å². The van der Waals surface area contributed by atoms with Crippen molar-refractivity contribution in [3.63, 3.8) is 0 Å². The van der Waals surface area contributed by atoms with E-state index in [0.29, 0.717) is 0 Å². The standard InChI is InChI=1S/C19H23N3/c1-3-4-5-12-22-18-11-6-14(2)13-17(18)21-19(22)15-7-9-16(20)10-8-15/h6-11,13H,3-5,12,20H2,1-2H3. The Hall–Kier alpha value is -2.29. The number of aryl methyl sites for hydroxylation is 2. The van der Waals surface area contributed by atoms with Gasteiger partial charge in [0.1, 0.15) is 5.82 Å². The van der Waals surface area contributed by atoms with Crippen LogP contribution < -0.4 is 5.73 Å². The Balaban J connectivity index is 2.10. The number of rotatable bonds is 5. The lowest BCUT2D eigenvalue weighted by molar-refractivity contribution is 0.617. The minimum Gasteiger partial charge on any atom is -0.399 e. The molecule has 114 valence electrons. The van der Waals surface area contributed by atoms with E-state index in [2.05, 4.69) is 48.7 Å². The van der Waals surface area contributed by atoms with Crippen LogP contribution >= 0.6 is 0 Å². The first-order valence-electron chi connectivity index (χ1n) is 8.02. The number of nitrogen functional groups attached to an aromatic ring is 1. The molecule has 0 aliphatic heterocycles. The lowest BCUT2D eigenvalue weighted by Crippen LogP contribution is -2.01. The van der Waals surface area contributed by atoms with Crippen LogP contribution in [0.1, 0.15) is 31.7 Å². The summed E-state index contributed by atoms with van der Waals surface area (Å²) in [7, 11) is 0. The van der Waals surface area contributed by atoms with Gasteiger partial charge in [0.25, 0.3) is 0 Å². The molecule has 0 fully saturated rings. The van der Waals surface area contributed by atoms with Gasteiger partial charge in [0.15, 0.2) is 0 Å². The number of nitrogens with two attached hydrogens (primary N) is 1. The van der Waals surface area contributed by atoms with Crippen molar-refractivity contribution in [2.24, 2.45) is 0 Å². The number of hydrogen-bond donors (Lipinski definition) is 1. The van der Waals surface area contributed by atoms with Gasteiger partial charge in [-0.1, -0.05) is 25.8 Å². The second-order valence-corrected chi connectivity index (χ2v) is 5.91. The van der Waals surface area contributed by atoms with Crippen molar-refractivity contribution in [3.05, 3.63) is 48.0 Å². The Labute approximate surface area is 131 Å². The third kappa shape index (κ3) is 2.84. The summed E-state index contributed by atoms with van der Waals surface area (Å²) >= 11 is 0. The summed E-state index contributed by atoms with van der Waals surface area (Å²) in [5.74, 6) is 1.04. The molecule has 3 rings (SSSR count). The highest BCUT2D eigenvalue weighted by Gasteiger charge is 2.12. The minimum atomic E-state index is 0.785. The fourth-order valence-corrected chi connectivity index (χ4v) is 2.84. The van der Waals surface area contributed by atoms with Crippen LogP contribution in [0.4, 0.5) is 5.69 Å². The fraction of sp³-hybridized carbons (Fsp3) is 0.316. The van der Waals surface area contributed by atoms with Gasteiger partial charge in [-0.25, -0.2) is 4.98 Å². The summed E-state index contributed by atoms with van der Waals surface area (Å²) < 4.78 is 2.34. The van der Waals surface area contributed by atoms with Crippen LogP contribution in [0.2, 0.25) is 0 Å². The number of fused-ring (bicyclic) bond motifs is 1. The molecular weight excluding hydrogens is 270 g/mol. The first-order chi connectivity index (χ1) is 10.7. The number of unbranched alkanes of at least 4 members (excludes halogenated alkanes) is 2. The van der Waals surface area contributed by atoms with Gasteiger partial charge in [-0.15, -0.1) is 0 Å². The molecule has 3 nitrogen and oxygen atoms in total. The van der Waals surface area contributed by atoms with E-state index in [0.717, 1.165) is 29.1 Å². The summed E-state index contributed by atoms with van der Waals surface area (Å²) in [6.45, 7) is 5.35. The third-order valence-electron chi connectivity index (χ3n) is 4.06. The molecule has 0 bridgehead atoms. The Morgan fingerprint density at radius 3 is 2.55 bits per heavy atom. The quantitative estimate of drug-likeness (QED) is 0.543. The van der Waals surface area contributed by atoms with E-state index >= 15 is 0 Å². The van der Waals surface area contributed by atoms with E-state index in [9.17, 15) is 0 Å². The molecule has 2 aromatic carbocycles. The van der Waals surface area contributed by atoms with Gasteiger partial charge in [0, 0.05) is 17.8 Å². The molecule has 0 aliphatic carbocycles. The van der Waals surface area contributed by atoms with Crippen molar-refractivity contribution in [2.75, 3.05) is 5.73 Å². The van der Waals surface area contributed by atoms with Crippen molar-refractivity contribution < 1.29 is 0 Å². The SMILES string of the molecule is CCCCCn1c(-c2ccc(N)cc2)nc2cc(C)ccc21. The Morgan fingerprint density at radius 1 is 1.05 bits per heavy atom. The average Bonchev–Trinajstić information content (AvgIpc) is 2.86. The molecule has 0 spiro atoms. The molecule has 0 saturated heterocycles. The maximum Gasteiger partial charge on any atom is 0.141 e. The van der Waals surface area contributed by atoms with Crippen molar-refractivity contribution in [1.29, 1.82) is 0 Å². The molecule has 1 aromatic heterocycles. The molecule has 0 unspecified atom stereocenters. The molecule has 3 aromatic rings. The van der Waals surface area contributed by atoms with Gasteiger partial charge in [-0.3, -0.25) is 0 Å². The van der Waals surface area contributed by atoms with E-state index in [1.165, 1.54) is 30.3 Å². The molecule has 0 amide bonds. The molecule has 2 N–H and O–H groups in total. The first kappa shape index (κ1) is 14.6. The van der Waals surface area contributed by atoms with Gasteiger partial charge >= 0.3 is 0 Å². The van der Waals surface area contributed by atoms with E-state index in [-0.39, 0.29) is 0 Å². The predicted molar refractivity (Wildman–Crippen MR) is 93.8 cm³/mol. The zero-order chi connectivity index (χ0) is 15.5. The van der Waals surface area contributed by atoms with Crippen LogP contribution in [-0.4, -0.2) is 9.55 Å². The smallest absolute Gasteiger partial charge is 0.141 e. The summed E-state index contributed by atoms with van der Waals surface area (Å²) in [6.07, 6.45) is 3.65.